The molecule has 0 N–H and O–H groups in total. The van der Waals surface area contributed by atoms with Crippen molar-refractivity contribution < 1.29 is 4.43 Å². The van der Waals surface area contributed by atoms with Gasteiger partial charge in [-0.3, -0.25) is 0 Å². The van der Waals surface area contributed by atoms with E-state index >= 15 is 0 Å². The number of unbranched alkanes of at least 4 members (excludes halogenated alkanes) is 2. The SMILES string of the molecule is CCCC/C=C\O[Si]C([Si](C)(C)C)([Si](C)(C)C)[Si](C)(C)C. The molecule has 0 amide bonds. The van der Waals surface area contributed by atoms with Crippen LogP contribution in [0.1, 0.15) is 26.2 Å². The maximum absolute atomic E-state index is 6.18. The second-order valence-electron chi connectivity index (χ2n) is 9.23. The highest BCUT2D eigenvalue weighted by Gasteiger charge is 2.61. The largest absolute Gasteiger partial charge is 0.547 e. The van der Waals surface area contributed by atoms with Crippen molar-refractivity contribution in [2.45, 2.75) is 89.0 Å². The van der Waals surface area contributed by atoms with Crippen molar-refractivity contribution >= 4 is 34.0 Å². The smallest absolute Gasteiger partial charge is 0.307 e. The van der Waals surface area contributed by atoms with E-state index in [1.54, 1.807) is 0 Å². The van der Waals surface area contributed by atoms with E-state index in [4.69, 9.17) is 4.43 Å². The van der Waals surface area contributed by atoms with E-state index in [1.807, 2.05) is 6.26 Å². The first-order valence-electron chi connectivity index (χ1n) is 8.39. The van der Waals surface area contributed by atoms with Crippen LogP contribution in [0.25, 0.3) is 0 Å². The summed E-state index contributed by atoms with van der Waals surface area (Å²) in [5, 5.41) is 0. The van der Waals surface area contributed by atoms with E-state index in [2.05, 4.69) is 71.9 Å². The highest BCUT2D eigenvalue weighted by Crippen LogP contribution is 2.52. The monoisotopic (exact) mass is 358 g/mol. The summed E-state index contributed by atoms with van der Waals surface area (Å²) in [7, 11) is -3.26. The van der Waals surface area contributed by atoms with Gasteiger partial charge < -0.3 is 4.43 Å². The zero-order valence-electron chi connectivity index (χ0n) is 16.2. The molecule has 0 aliphatic heterocycles. The Labute approximate surface area is 139 Å². The summed E-state index contributed by atoms with van der Waals surface area (Å²) >= 11 is 0. The predicted molar refractivity (Wildman–Crippen MR) is 108 cm³/mol. The molecule has 0 aliphatic rings. The third-order valence-corrected chi connectivity index (χ3v) is 33.0. The average molecular weight is 359 g/mol. The van der Waals surface area contributed by atoms with Crippen LogP contribution in [-0.2, 0) is 4.43 Å². The van der Waals surface area contributed by atoms with E-state index < -0.39 is 24.2 Å². The van der Waals surface area contributed by atoms with E-state index in [9.17, 15) is 0 Å². The first kappa shape index (κ1) is 21.4. The summed E-state index contributed by atoms with van der Waals surface area (Å²) in [4.78, 5) is 0. The first-order chi connectivity index (χ1) is 9.31. The summed E-state index contributed by atoms with van der Waals surface area (Å²) in [5.74, 6) is 0. The maximum atomic E-state index is 6.18. The molecule has 0 heterocycles. The van der Waals surface area contributed by atoms with Gasteiger partial charge in [0.25, 0.3) is 0 Å². The topological polar surface area (TPSA) is 9.23 Å². The van der Waals surface area contributed by atoms with Gasteiger partial charge >= 0.3 is 9.76 Å². The van der Waals surface area contributed by atoms with Crippen molar-refractivity contribution in [3.05, 3.63) is 12.3 Å². The van der Waals surface area contributed by atoms with Crippen LogP contribution < -0.4 is 0 Å². The minimum atomic E-state index is -1.31. The molecular weight excluding hydrogens is 321 g/mol. The van der Waals surface area contributed by atoms with Crippen molar-refractivity contribution in [3.8, 4) is 0 Å². The van der Waals surface area contributed by atoms with E-state index in [0.29, 0.717) is 13.7 Å². The van der Waals surface area contributed by atoms with Gasteiger partial charge in [0, 0.05) is 24.2 Å². The Kier molecular flexibility index (Phi) is 7.94. The minimum absolute atomic E-state index is 0.530. The highest BCUT2D eigenvalue weighted by molar-refractivity contribution is 7.22. The number of hydrogen-bond donors (Lipinski definition) is 0. The lowest BCUT2D eigenvalue weighted by Crippen LogP contribution is -2.68. The van der Waals surface area contributed by atoms with Crippen LogP contribution in [0.4, 0.5) is 0 Å². The molecule has 21 heavy (non-hydrogen) atoms. The molecule has 0 aromatic rings. The Balaban J connectivity index is 5.30. The van der Waals surface area contributed by atoms with Gasteiger partial charge in [0.1, 0.15) is 0 Å². The van der Waals surface area contributed by atoms with Gasteiger partial charge in [-0.15, -0.1) is 0 Å². The van der Waals surface area contributed by atoms with E-state index in [1.165, 1.54) is 12.8 Å². The van der Waals surface area contributed by atoms with Crippen LogP contribution in [0, 0.1) is 0 Å². The Morgan fingerprint density at radius 1 is 0.857 bits per heavy atom. The highest BCUT2D eigenvalue weighted by atomic mass is 28.5. The van der Waals surface area contributed by atoms with Crippen molar-refractivity contribution in [2.75, 3.05) is 0 Å². The van der Waals surface area contributed by atoms with Crippen LogP contribution in [0.2, 0.25) is 62.8 Å². The standard InChI is InChI=1S/C16H38OSi4/c1-11-12-13-14-15-17-18-16(19(2,3)4,20(5,6)7)21(8,9)10/h14-15H,11-13H2,1-10H3/b15-14-. The van der Waals surface area contributed by atoms with Gasteiger partial charge in [-0.1, -0.05) is 78.3 Å². The van der Waals surface area contributed by atoms with E-state index in [-0.39, 0.29) is 0 Å². The molecule has 0 aromatic carbocycles. The van der Waals surface area contributed by atoms with Crippen molar-refractivity contribution in [1.29, 1.82) is 0 Å². The molecule has 0 saturated heterocycles. The molecular formula is C16H38OSi4. The molecule has 0 spiro atoms. The fraction of sp³-hybridized carbons (Fsp3) is 0.875. The van der Waals surface area contributed by atoms with Gasteiger partial charge in [-0.05, 0) is 16.7 Å². The molecule has 0 aromatic heterocycles. The molecule has 1 nitrogen and oxygen atoms in total. The third kappa shape index (κ3) is 5.22. The van der Waals surface area contributed by atoms with Gasteiger partial charge in [0.15, 0.2) is 0 Å². The first-order valence-corrected chi connectivity index (χ1v) is 19.8. The van der Waals surface area contributed by atoms with Crippen LogP contribution >= 0.6 is 0 Å². The molecule has 0 saturated carbocycles. The second-order valence-corrected chi connectivity index (χ2v) is 29.2. The fourth-order valence-corrected chi connectivity index (χ4v) is 35.9. The van der Waals surface area contributed by atoms with Gasteiger partial charge in [-0.2, -0.15) is 0 Å². The molecule has 0 atom stereocenters. The second kappa shape index (κ2) is 7.79. The lowest BCUT2D eigenvalue weighted by atomic mass is 10.2. The molecule has 124 valence electrons. The molecule has 2 radical (unpaired) electrons. The van der Waals surface area contributed by atoms with Crippen LogP contribution in [-0.4, -0.2) is 34.0 Å². The van der Waals surface area contributed by atoms with Crippen molar-refractivity contribution in [3.63, 3.8) is 0 Å². The lowest BCUT2D eigenvalue weighted by molar-refractivity contribution is 0.506. The molecule has 0 aliphatic carbocycles. The summed E-state index contributed by atoms with van der Waals surface area (Å²) < 4.78 is 6.71. The molecule has 5 heteroatoms. The quantitative estimate of drug-likeness (QED) is 0.274. The van der Waals surface area contributed by atoms with Crippen LogP contribution in [0.15, 0.2) is 12.3 Å². The fourth-order valence-electron chi connectivity index (χ4n) is 4.39. The third-order valence-electron chi connectivity index (χ3n) is 4.48. The lowest BCUT2D eigenvalue weighted by Gasteiger charge is -2.57. The number of rotatable bonds is 9. The zero-order valence-corrected chi connectivity index (χ0v) is 20.2. The van der Waals surface area contributed by atoms with Crippen molar-refractivity contribution in [2.24, 2.45) is 0 Å². The molecule has 0 fully saturated rings. The van der Waals surface area contributed by atoms with Gasteiger partial charge in [0.2, 0.25) is 0 Å². The Bertz CT molecular complexity index is 296. The predicted octanol–water partition coefficient (Wildman–Crippen LogP) is 6.12. The summed E-state index contributed by atoms with van der Waals surface area (Å²) in [6, 6.07) is 0. The molecule has 0 rings (SSSR count). The van der Waals surface area contributed by atoms with Crippen LogP contribution in [0.5, 0.6) is 0 Å². The van der Waals surface area contributed by atoms with Crippen LogP contribution in [0.3, 0.4) is 0 Å². The Morgan fingerprint density at radius 2 is 1.29 bits per heavy atom. The summed E-state index contributed by atoms with van der Waals surface area (Å²) in [6.45, 7) is 25.4. The Hall–Kier alpha value is 0.408. The zero-order chi connectivity index (χ0) is 16.9. The molecule has 0 bridgehead atoms. The normalized spacial score (nSPS) is 14.8. The maximum Gasteiger partial charge on any atom is 0.307 e. The van der Waals surface area contributed by atoms with Gasteiger partial charge in [-0.25, -0.2) is 0 Å². The van der Waals surface area contributed by atoms with Gasteiger partial charge in [0.05, 0.1) is 6.26 Å². The number of allylic oxidation sites excluding steroid dienone is 1. The van der Waals surface area contributed by atoms with Crippen molar-refractivity contribution in [1.82, 2.24) is 0 Å². The average Bonchev–Trinajstić information content (AvgIpc) is 2.22. The Morgan fingerprint density at radius 3 is 1.62 bits per heavy atom. The summed E-state index contributed by atoms with van der Waals surface area (Å²) in [6.07, 6.45) is 7.91. The molecule has 0 unspecified atom stereocenters. The number of hydrogen-bond acceptors (Lipinski definition) is 1. The summed E-state index contributed by atoms with van der Waals surface area (Å²) in [5.41, 5.74) is 0. The van der Waals surface area contributed by atoms with E-state index in [0.717, 1.165) is 6.42 Å². The minimum Gasteiger partial charge on any atom is -0.547 e.